The number of ether oxygens (including phenoxy) is 1. The molecule has 3 aliphatic carbocycles. The Morgan fingerprint density at radius 3 is 1.98 bits per heavy atom. The average Bonchev–Trinajstić information content (AvgIpc) is 4.23. The van der Waals surface area contributed by atoms with Crippen molar-refractivity contribution in [3.8, 4) is 11.1 Å². The van der Waals surface area contributed by atoms with E-state index in [-0.39, 0.29) is 70.6 Å². The molecule has 4 amide bonds. The van der Waals surface area contributed by atoms with E-state index in [2.05, 4.69) is 33.2 Å². The SMILES string of the molecule is C=CC1=C(C)C(=O)c2c(Nc3cccc(S(=O)(=O)CCCC(=O)C(C)NC(=O)C(C)CC(=O)C(NC(=O)C4CCCC4C(=O)C(C)NC(=O)C(C)NC(=O)OCC4c5ccccc5-c5ccccc54)C(C)C)c3)cc(S(=O)(=O)[O-])c(N)c2C1=O. The normalized spacial score (nSPS) is 17.6. The Morgan fingerprint density at radius 1 is 0.738 bits per heavy atom. The van der Waals surface area contributed by atoms with E-state index >= 15 is 0 Å². The third-order valence-electron chi connectivity index (χ3n) is 15.7. The zero-order valence-corrected chi connectivity index (χ0v) is 49.3. The van der Waals surface area contributed by atoms with Crippen molar-refractivity contribution < 1.29 is 69.3 Å². The summed E-state index contributed by atoms with van der Waals surface area (Å²) in [5.41, 5.74) is 8.16. The highest BCUT2D eigenvalue weighted by Gasteiger charge is 2.42. The van der Waals surface area contributed by atoms with Crippen LogP contribution in [0.4, 0.5) is 21.9 Å². The summed E-state index contributed by atoms with van der Waals surface area (Å²) < 4.78 is 69.4. The van der Waals surface area contributed by atoms with Crippen LogP contribution in [-0.4, -0.2) is 111 Å². The fourth-order valence-corrected chi connectivity index (χ4v) is 13.1. The van der Waals surface area contributed by atoms with Gasteiger partial charge in [0.05, 0.1) is 56.2 Å². The Hall–Kier alpha value is -8.15. The first-order chi connectivity index (χ1) is 39.6. The largest absolute Gasteiger partial charge is 0.744 e. The van der Waals surface area contributed by atoms with Gasteiger partial charge in [0, 0.05) is 53.3 Å². The van der Waals surface area contributed by atoms with Gasteiger partial charge in [0.2, 0.25) is 17.7 Å². The third-order valence-corrected chi connectivity index (χ3v) is 18.4. The van der Waals surface area contributed by atoms with Gasteiger partial charge in [0.1, 0.15) is 22.8 Å². The van der Waals surface area contributed by atoms with E-state index in [0.29, 0.717) is 19.3 Å². The zero-order chi connectivity index (χ0) is 61.7. The molecule has 446 valence electrons. The summed E-state index contributed by atoms with van der Waals surface area (Å²) in [6.07, 6.45) is 0.793. The van der Waals surface area contributed by atoms with Gasteiger partial charge in [0.15, 0.2) is 38.8 Å². The maximum atomic E-state index is 13.9. The van der Waals surface area contributed by atoms with Crippen molar-refractivity contribution in [3.63, 3.8) is 0 Å². The number of ketones is 5. The van der Waals surface area contributed by atoms with Gasteiger partial charge in [0.25, 0.3) is 0 Å². The van der Waals surface area contributed by atoms with E-state index in [1.165, 1.54) is 58.9 Å². The molecular weight excluding hydrogens is 1120 g/mol. The molecule has 7 rings (SSSR count). The maximum Gasteiger partial charge on any atom is 0.407 e. The summed E-state index contributed by atoms with van der Waals surface area (Å²) in [6, 6.07) is 17.5. The van der Waals surface area contributed by atoms with Crippen LogP contribution < -0.4 is 32.3 Å². The molecular formula is C61H69N6O15S2-. The van der Waals surface area contributed by atoms with E-state index in [4.69, 9.17) is 10.5 Å². The van der Waals surface area contributed by atoms with Crippen LogP contribution in [0.3, 0.4) is 0 Å². The van der Waals surface area contributed by atoms with Gasteiger partial charge in [-0.3, -0.25) is 38.4 Å². The lowest BCUT2D eigenvalue weighted by molar-refractivity contribution is -0.137. The van der Waals surface area contributed by atoms with Gasteiger partial charge in [-0.05, 0) is 99.4 Å². The number of nitrogens with one attached hydrogen (secondary N) is 5. The molecule has 0 saturated heterocycles. The van der Waals surface area contributed by atoms with Gasteiger partial charge in [-0.2, -0.15) is 0 Å². The summed E-state index contributed by atoms with van der Waals surface area (Å²) >= 11 is 0. The molecule has 7 unspecified atom stereocenters. The number of carbonyl (C=O) groups is 9. The highest BCUT2D eigenvalue weighted by Crippen LogP contribution is 2.45. The van der Waals surface area contributed by atoms with Crippen molar-refractivity contribution in [1.82, 2.24) is 21.3 Å². The first kappa shape index (κ1) is 63.4. The molecule has 1 fully saturated rings. The van der Waals surface area contributed by atoms with Crippen molar-refractivity contribution in [2.24, 2.45) is 23.7 Å². The first-order valence-corrected chi connectivity index (χ1v) is 30.7. The zero-order valence-electron chi connectivity index (χ0n) is 47.7. The van der Waals surface area contributed by atoms with Gasteiger partial charge >= 0.3 is 6.09 Å². The van der Waals surface area contributed by atoms with Gasteiger partial charge in [-0.25, -0.2) is 21.6 Å². The molecule has 4 aromatic carbocycles. The lowest BCUT2D eigenvalue weighted by atomic mass is 9.82. The fraction of sp³-hybridized carbons (Fsp3) is 0.393. The summed E-state index contributed by atoms with van der Waals surface area (Å²) in [7, 11) is -9.39. The monoisotopic (exact) mass is 1190 g/mol. The summed E-state index contributed by atoms with van der Waals surface area (Å²) in [5, 5.41) is 13.3. The number of allylic oxidation sites excluding steroid dienone is 3. The minimum atomic E-state index is -5.28. The van der Waals surface area contributed by atoms with E-state index in [0.717, 1.165) is 34.4 Å². The first-order valence-electron chi connectivity index (χ1n) is 27.6. The number of amides is 4. The molecule has 0 bridgehead atoms. The number of nitrogens with two attached hydrogens (primary N) is 1. The predicted octanol–water partition coefficient (Wildman–Crippen LogP) is 6.58. The number of nitrogen functional groups attached to an aromatic ring is 1. The van der Waals surface area contributed by atoms with Crippen LogP contribution in [0.1, 0.15) is 125 Å². The molecule has 23 heteroatoms. The summed E-state index contributed by atoms with van der Waals surface area (Å²) in [6.45, 7) is 14.2. The number of carbonyl (C=O) groups excluding carboxylic acids is 9. The third kappa shape index (κ3) is 13.9. The number of fused-ring (bicyclic) bond motifs is 4. The molecule has 21 nitrogen and oxygen atoms in total. The van der Waals surface area contributed by atoms with Crippen LogP contribution in [0.5, 0.6) is 0 Å². The minimum Gasteiger partial charge on any atom is -0.744 e. The maximum absolute atomic E-state index is 13.9. The molecule has 0 aromatic heterocycles. The smallest absolute Gasteiger partial charge is 0.407 e. The van der Waals surface area contributed by atoms with Crippen LogP contribution in [-0.2, 0) is 53.5 Å². The Balaban J connectivity index is 0.865. The second kappa shape index (κ2) is 26.2. The molecule has 4 aromatic rings. The molecule has 7 atom stereocenters. The van der Waals surface area contributed by atoms with Gasteiger partial charge in [-0.1, -0.05) is 94.4 Å². The number of sulfone groups is 1. The molecule has 84 heavy (non-hydrogen) atoms. The average molecular weight is 1190 g/mol. The van der Waals surface area contributed by atoms with Gasteiger partial charge < -0.3 is 41.6 Å². The number of hydrogen-bond donors (Lipinski definition) is 6. The molecule has 3 aliphatic rings. The summed E-state index contributed by atoms with van der Waals surface area (Å²) in [5.74, 6) is -8.39. The Labute approximate surface area is 488 Å². The molecule has 0 aliphatic heterocycles. The minimum absolute atomic E-state index is 0.0216. The molecule has 0 spiro atoms. The number of benzene rings is 4. The van der Waals surface area contributed by atoms with Crippen LogP contribution in [0.2, 0.25) is 0 Å². The Kier molecular flexibility index (Phi) is 19.8. The second-order valence-corrected chi connectivity index (χ2v) is 25.4. The highest BCUT2D eigenvalue weighted by atomic mass is 32.2. The fourth-order valence-electron chi connectivity index (χ4n) is 11.1. The van der Waals surface area contributed by atoms with Crippen molar-refractivity contribution in [1.29, 1.82) is 0 Å². The van der Waals surface area contributed by atoms with E-state index in [1.807, 2.05) is 48.5 Å². The van der Waals surface area contributed by atoms with Crippen molar-refractivity contribution in [3.05, 3.63) is 125 Å². The van der Waals surface area contributed by atoms with Crippen LogP contribution in [0.25, 0.3) is 11.1 Å². The standard InChI is InChI=1S/C61H70N6O15S2/c1-9-39-33(5)55(70)51-47(29-50(84(79,80)81)53(62)52(51)57(39)72)66-37-17-14-18-38(28-37)83(77,78)26-16-25-48(68)34(6)63-58(73)32(4)27-49(69)54(31(2)3)67-60(75)45-24-15-23-44(45)56(71)35(7)64-59(74)36(8)65-61(76)82-30-46-42-21-12-10-19-40(42)41-20-11-13-22-43(41)46/h9-14,17-22,28-29,31-32,34-36,44-46,54,66H,1,15-16,23-27,30,62H2,2-8H3,(H,63,73)(H,64,74)(H,65,76)(H,67,75)(H,79,80,81)/p-1. The predicted molar refractivity (Wildman–Crippen MR) is 311 cm³/mol. The number of rotatable bonds is 25. The van der Waals surface area contributed by atoms with E-state index < -0.39 is 137 Å². The lowest BCUT2D eigenvalue weighted by Crippen LogP contribution is -2.52. The van der Waals surface area contributed by atoms with Crippen LogP contribution in [0.15, 0.2) is 112 Å². The van der Waals surface area contributed by atoms with Crippen molar-refractivity contribution in [2.45, 2.75) is 127 Å². The highest BCUT2D eigenvalue weighted by molar-refractivity contribution is 7.91. The molecule has 0 heterocycles. The quantitative estimate of drug-likeness (QED) is 0.0301. The van der Waals surface area contributed by atoms with Crippen LogP contribution in [0, 0.1) is 23.7 Å². The van der Waals surface area contributed by atoms with E-state index in [1.54, 1.807) is 13.8 Å². The molecule has 1 saturated carbocycles. The van der Waals surface area contributed by atoms with E-state index in [9.17, 15) is 64.5 Å². The summed E-state index contributed by atoms with van der Waals surface area (Å²) in [4.78, 5) is 120. The van der Waals surface area contributed by atoms with Gasteiger partial charge in [-0.15, -0.1) is 0 Å². The molecule has 7 N–H and O–H groups in total. The number of anilines is 3. The Bertz CT molecular complexity index is 3590. The second-order valence-electron chi connectivity index (χ2n) is 22.0. The number of hydrogen-bond acceptors (Lipinski definition) is 17. The molecule has 0 radical (unpaired) electrons. The Morgan fingerprint density at radius 2 is 1.36 bits per heavy atom. The van der Waals surface area contributed by atoms with Crippen LogP contribution >= 0.6 is 0 Å². The van der Waals surface area contributed by atoms with Crippen molar-refractivity contribution >= 4 is 89.7 Å². The number of Topliss-reactive ketones (excluding diaryl/α,β-unsaturated/α-hetero) is 5. The topological polar surface area (TPSA) is 340 Å². The lowest BCUT2D eigenvalue weighted by Gasteiger charge is -2.27. The van der Waals surface area contributed by atoms with Crippen molar-refractivity contribution in [2.75, 3.05) is 23.4 Å². The number of alkyl carbamates (subject to hydrolysis) is 1.